The minimum Gasteiger partial charge on any atom is -0.310 e. The molecule has 2 aromatic carbocycles. The molecule has 6 heteroatoms. The predicted octanol–water partition coefficient (Wildman–Crippen LogP) is 5.06. The van der Waals surface area contributed by atoms with Gasteiger partial charge < -0.3 is 4.57 Å². The molecule has 0 spiro atoms. The molecular formula is C25H17F3N2O. The van der Waals surface area contributed by atoms with E-state index in [1.54, 1.807) is 24.5 Å². The number of aromatic nitrogens is 2. The van der Waals surface area contributed by atoms with Gasteiger partial charge in [0.25, 0.3) is 5.56 Å². The molecule has 0 amide bonds. The number of rotatable bonds is 3. The van der Waals surface area contributed by atoms with E-state index < -0.39 is 11.7 Å². The highest BCUT2D eigenvalue weighted by molar-refractivity contribution is 5.78. The molecule has 0 aliphatic rings. The Balaban J connectivity index is 1.58. The van der Waals surface area contributed by atoms with Crippen molar-refractivity contribution >= 4 is 10.9 Å². The predicted molar refractivity (Wildman–Crippen MR) is 114 cm³/mol. The summed E-state index contributed by atoms with van der Waals surface area (Å²) in [6.07, 6.45) is -0.580. The number of halogens is 3. The van der Waals surface area contributed by atoms with Crippen molar-refractivity contribution in [2.75, 3.05) is 0 Å². The lowest BCUT2D eigenvalue weighted by Crippen LogP contribution is -2.20. The molecule has 31 heavy (non-hydrogen) atoms. The summed E-state index contributed by atoms with van der Waals surface area (Å²) in [5, 5.41) is 0.418. The second-order valence-corrected chi connectivity index (χ2v) is 7.06. The molecule has 4 rings (SSSR count). The third-order valence-corrected chi connectivity index (χ3v) is 4.82. The molecule has 4 aromatic rings. The first-order chi connectivity index (χ1) is 14.9. The van der Waals surface area contributed by atoms with E-state index in [0.717, 1.165) is 17.7 Å². The molecule has 154 valence electrons. The highest BCUT2D eigenvalue weighted by atomic mass is 19.4. The van der Waals surface area contributed by atoms with E-state index >= 15 is 0 Å². The van der Waals surface area contributed by atoms with Crippen molar-refractivity contribution in [1.29, 1.82) is 0 Å². The number of alkyl halides is 3. The summed E-state index contributed by atoms with van der Waals surface area (Å²) in [6.45, 7) is 0.164. The van der Waals surface area contributed by atoms with Crippen molar-refractivity contribution in [1.82, 2.24) is 9.55 Å². The summed E-state index contributed by atoms with van der Waals surface area (Å²) in [4.78, 5) is 17.2. The maximum absolute atomic E-state index is 12.9. The molecular weight excluding hydrogens is 401 g/mol. The van der Waals surface area contributed by atoms with Gasteiger partial charge in [-0.3, -0.25) is 9.78 Å². The highest BCUT2D eigenvalue weighted by Crippen LogP contribution is 2.29. The van der Waals surface area contributed by atoms with E-state index in [9.17, 15) is 18.0 Å². The lowest BCUT2D eigenvalue weighted by Gasteiger charge is -2.10. The molecule has 0 atom stereocenters. The van der Waals surface area contributed by atoms with Crippen LogP contribution in [0.1, 0.15) is 22.3 Å². The molecule has 2 heterocycles. The second kappa shape index (κ2) is 8.49. The Hall–Kier alpha value is -3.85. The van der Waals surface area contributed by atoms with E-state index in [0.29, 0.717) is 28.5 Å². The SMILES string of the molecule is O=c1c2cc(C#CCc3ccccc3)cnc2ccn1Cc1ccc(C(F)(F)F)cc1. The molecule has 0 saturated carbocycles. The first-order valence-corrected chi connectivity index (χ1v) is 9.58. The summed E-state index contributed by atoms with van der Waals surface area (Å²) in [6, 6.07) is 18.0. The molecule has 0 fully saturated rings. The van der Waals surface area contributed by atoms with Gasteiger partial charge in [0.1, 0.15) is 0 Å². The Morgan fingerprint density at radius 3 is 2.39 bits per heavy atom. The number of fused-ring (bicyclic) bond motifs is 1. The van der Waals surface area contributed by atoms with Crippen molar-refractivity contribution in [3.8, 4) is 11.8 Å². The first-order valence-electron chi connectivity index (χ1n) is 9.58. The van der Waals surface area contributed by atoms with Crippen LogP contribution in [0.5, 0.6) is 0 Å². The third-order valence-electron chi connectivity index (χ3n) is 4.82. The van der Waals surface area contributed by atoms with Crippen molar-refractivity contribution in [3.05, 3.63) is 112 Å². The van der Waals surface area contributed by atoms with E-state index in [4.69, 9.17) is 0 Å². The molecule has 0 bridgehead atoms. The Labute approximate surface area is 176 Å². The Morgan fingerprint density at radius 2 is 1.68 bits per heavy atom. The molecule has 3 nitrogen and oxygen atoms in total. The van der Waals surface area contributed by atoms with Gasteiger partial charge in [-0.2, -0.15) is 13.2 Å². The average molecular weight is 418 g/mol. The lowest BCUT2D eigenvalue weighted by atomic mass is 10.1. The zero-order valence-electron chi connectivity index (χ0n) is 16.4. The largest absolute Gasteiger partial charge is 0.416 e. The summed E-state index contributed by atoms with van der Waals surface area (Å²) in [5.41, 5.74) is 1.89. The van der Waals surface area contributed by atoms with Crippen molar-refractivity contribution in [2.45, 2.75) is 19.1 Å². The van der Waals surface area contributed by atoms with Gasteiger partial charge in [-0.25, -0.2) is 0 Å². The minimum absolute atomic E-state index is 0.164. The monoisotopic (exact) mass is 418 g/mol. The lowest BCUT2D eigenvalue weighted by molar-refractivity contribution is -0.137. The summed E-state index contributed by atoms with van der Waals surface area (Å²) >= 11 is 0. The van der Waals surface area contributed by atoms with Crippen LogP contribution in [0.25, 0.3) is 10.9 Å². The van der Waals surface area contributed by atoms with Crippen LogP contribution in [0.4, 0.5) is 13.2 Å². The van der Waals surface area contributed by atoms with Crippen molar-refractivity contribution in [3.63, 3.8) is 0 Å². The van der Waals surface area contributed by atoms with E-state index in [1.807, 2.05) is 30.3 Å². The average Bonchev–Trinajstić information content (AvgIpc) is 2.76. The summed E-state index contributed by atoms with van der Waals surface area (Å²) in [7, 11) is 0. The van der Waals surface area contributed by atoms with Gasteiger partial charge >= 0.3 is 6.18 Å². The van der Waals surface area contributed by atoms with Crippen LogP contribution in [0.2, 0.25) is 0 Å². The van der Waals surface area contributed by atoms with Crippen molar-refractivity contribution in [2.24, 2.45) is 0 Å². The van der Waals surface area contributed by atoms with Gasteiger partial charge in [-0.15, -0.1) is 0 Å². The van der Waals surface area contributed by atoms with Gasteiger partial charge in [-0.1, -0.05) is 54.3 Å². The number of nitrogens with zero attached hydrogens (tertiary/aromatic N) is 2. The van der Waals surface area contributed by atoms with Crippen LogP contribution >= 0.6 is 0 Å². The van der Waals surface area contributed by atoms with Crippen LogP contribution in [-0.2, 0) is 19.1 Å². The summed E-state index contributed by atoms with van der Waals surface area (Å²) < 4.78 is 39.7. The molecule has 0 radical (unpaired) electrons. The summed E-state index contributed by atoms with van der Waals surface area (Å²) in [5.74, 6) is 6.12. The van der Waals surface area contributed by atoms with Crippen LogP contribution in [0, 0.1) is 11.8 Å². The van der Waals surface area contributed by atoms with Crippen LogP contribution < -0.4 is 5.56 Å². The van der Waals surface area contributed by atoms with Crippen molar-refractivity contribution < 1.29 is 13.2 Å². The fourth-order valence-corrected chi connectivity index (χ4v) is 3.20. The molecule has 0 saturated heterocycles. The van der Waals surface area contributed by atoms with Crippen LogP contribution in [-0.4, -0.2) is 9.55 Å². The van der Waals surface area contributed by atoms with Crippen LogP contribution in [0.15, 0.2) is 83.9 Å². The fourth-order valence-electron chi connectivity index (χ4n) is 3.20. The van der Waals surface area contributed by atoms with Gasteiger partial charge in [0.05, 0.1) is 23.0 Å². The van der Waals surface area contributed by atoms with Crippen LogP contribution in [0.3, 0.4) is 0 Å². The van der Waals surface area contributed by atoms with Gasteiger partial charge in [0, 0.05) is 24.4 Å². The number of pyridine rings is 2. The number of benzene rings is 2. The Kier molecular flexibility index (Phi) is 5.59. The fraction of sp³-hybridized carbons (Fsp3) is 0.120. The second-order valence-electron chi connectivity index (χ2n) is 7.06. The Morgan fingerprint density at radius 1 is 0.935 bits per heavy atom. The number of hydrogen-bond acceptors (Lipinski definition) is 2. The molecule has 0 N–H and O–H groups in total. The van der Waals surface area contributed by atoms with E-state index in [2.05, 4.69) is 16.8 Å². The zero-order valence-corrected chi connectivity index (χ0v) is 16.4. The normalized spacial score (nSPS) is 11.2. The maximum Gasteiger partial charge on any atom is 0.416 e. The standard InChI is InChI=1S/C25H17F3N2O/c26-25(27,28)21-11-9-19(10-12-21)17-30-14-13-23-22(24(30)31)15-20(16-29-23)8-4-7-18-5-2-1-3-6-18/h1-3,5-6,9-16H,7,17H2. The third kappa shape index (κ3) is 4.84. The topological polar surface area (TPSA) is 34.9 Å². The minimum atomic E-state index is -4.39. The maximum atomic E-state index is 12.9. The first kappa shape index (κ1) is 20.4. The van der Waals surface area contributed by atoms with Gasteiger partial charge in [0.2, 0.25) is 0 Å². The van der Waals surface area contributed by atoms with E-state index in [1.165, 1.54) is 16.7 Å². The smallest absolute Gasteiger partial charge is 0.310 e. The number of hydrogen-bond donors (Lipinski definition) is 0. The van der Waals surface area contributed by atoms with Gasteiger partial charge in [-0.05, 0) is 35.4 Å². The van der Waals surface area contributed by atoms with E-state index in [-0.39, 0.29) is 12.1 Å². The molecule has 0 aliphatic carbocycles. The molecule has 0 unspecified atom stereocenters. The molecule has 2 aromatic heterocycles. The molecule has 0 aliphatic heterocycles. The Bertz CT molecular complexity index is 1330. The highest BCUT2D eigenvalue weighted by Gasteiger charge is 2.29. The quantitative estimate of drug-likeness (QED) is 0.436. The van der Waals surface area contributed by atoms with Gasteiger partial charge in [0.15, 0.2) is 0 Å². The zero-order chi connectivity index (χ0) is 21.8.